The van der Waals surface area contributed by atoms with E-state index in [1.165, 1.54) is 10.7 Å². The molecule has 0 unspecified atom stereocenters. The largest absolute Gasteiger partial charge is 0.425 e. The van der Waals surface area contributed by atoms with Crippen molar-refractivity contribution in [1.82, 2.24) is 19.7 Å². The summed E-state index contributed by atoms with van der Waals surface area (Å²) in [6.07, 6.45) is 4.61. The van der Waals surface area contributed by atoms with Crippen LogP contribution < -0.4 is 11.0 Å². The first-order valence-electron chi connectivity index (χ1n) is 12.3. The first-order valence-corrected chi connectivity index (χ1v) is 12.3. The minimum atomic E-state index is -0.216. The van der Waals surface area contributed by atoms with Gasteiger partial charge in [0.2, 0.25) is 0 Å². The van der Waals surface area contributed by atoms with E-state index in [4.69, 9.17) is 4.65 Å². The van der Waals surface area contributed by atoms with Crippen LogP contribution in [0.5, 0.6) is 0 Å². The molecule has 0 bridgehead atoms. The lowest BCUT2D eigenvalue weighted by Gasteiger charge is -2.34. The van der Waals surface area contributed by atoms with Crippen LogP contribution >= 0.6 is 0 Å². The number of aromatic nitrogens is 4. The van der Waals surface area contributed by atoms with Crippen LogP contribution in [0.1, 0.15) is 38.8 Å². The van der Waals surface area contributed by atoms with Gasteiger partial charge in [-0.1, -0.05) is 44.2 Å². The van der Waals surface area contributed by atoms with Crippen molar-refractivity contribution in [3.63, 3.8) is 0 Å². The molecule has 2 aromatic heterocycles. The Bertz CT molecular complexity index is 1540. The van der Waals surface area contributed by atoms with Crippen molar-refractivity contribution >= 4 is 12.4 Å². The van der Waals surface area contributed by atoms with Gasteiger partial charge in [-0.05, 0) is 60.9 Å². The van der Waals surface area contributed by atoms with E-state index in [0.717, 1.165) is 28.5 Å². The summed E-state index contributed by atoms with van der Waals surface area (Å²) >= 11 is 0. The third kappa shape index (κ3) is 4.96. The summed E-state index contributed by atoms with van der Waals surface area (Å²) in [5, 5.41) is 13.7. The van der Waals surface area contributed by atoms with Gasteiger partial charge in [0, 0.05) is 29.6 Å². The summed E-state index contributed by atoms with van der Waals surface area (Å²) in [5.41, 5.74) is 4.36. The van der Waals surface area contributed by atoms with Gasteiger partial charge in [-0.25, -0.2) is 14.6 Å². The summed E-state index contributed by atoms with van der Waals surface area (Å²) in [7, 11) is 0. The van der Waals surface area contributed by atoms with Gasteiger partial charge in [0.1, 0.15) is 0 Å². The summed E-state index contributed by atoms with van der Waals surface area (Å²) < 4.78 is 7.74. The van der Waals surface area contributed by atoms with Crippen LogP contribution in [0.4, 0.5) is 0 Å². The van der Waals surface area contributed by atoms with Crippen LogP contribution in [0, 0.1) is 16.7 Å². The zero-order chi connectivity index (χ0) is 26.2. The molecule has 0 N–H and O–H groups in total. The molecule has 1 fully saturated rings. The Morgan fingerprint density at radius 3 is 2.43 bits per heavy atom. The van der Waals surface area contributed by atoms with Gasteiger partial charge in [0.05, 0.1) is 29.5 Å². The maximum atomic E-state index is 12.6. The summed E-state index contributed by atoms with van der Waals surface area (Å²) in [4.78, 5) is 21.8. The van der Waals surface area contributed by atoms with Crippen LogP contribution in [0.3, 0.4) is 0 Å². The van der Waals surface area contributed by atoms with E-state index in [-0.39, 0.29) is 23.5 Å². The quantitative estimate of drug-likeness (QED) is 0.388. The van der Waals surface area contributed by atoms with E-state index in [0.29, 0.717) is 23.6 Å². The van der Waals surface area contributed by atoms with E-state index in [9.17, 15) is 10.1 Å². The number of hydrogen-bond donors (Lipinski definition) is 0. The highest BCUT2D eigenvalue weighted by atomic mass is 16.5. The average Bonchev–Trinajstić information content (AvgIpc) is 3.12. The van der Waals surface area contributed by atoms with Crippen molar-refractivity contribution in [3.05, 3.63) is 94.5 Å². The van der Waals surface area contributed by atoms with E-state index >= 15 is 0 Å². The highest BCUT2D eigenvalue weighted by molar-refractivity contribution is 6.68. The normalized spacial score (nSPS) is 15.9. The SMILES string of the molecule is CC1(C)CB(c2cnc(-c3cccc(Cn4nc(-c5cccc(C#N)c5)ccc4=O)c3)nc2)OC1(C)C. The van der Waals surface area contributed by atoms with Gasteiger partial charge in [0.15, 0.2) is 5.82 Å². The number of nitriles is 1. The lowest BCUT2D eigenvalue weighted by molar-refractivity contribution is 0.0375. The lowest BCUT2D eigenvalue weighted by atomic mass is 9.55. The van der Waals surface area contributed by atoms with Crippen molar-refractivity contribution in [1.29, 1.82) is 5.26 Å². The van der Waals surface area contributed by atoms with Gasteiger partial charge in [-0.3, -0.25) is 4.79 Å². The van der Waals surface area contributed by atoms with E-state index < -0.39 is 0 Å². The predicted octanol–water partition coefficient (Wildman–Crippen LogP) is 4.32. The molecule has 0 atom stereocenters. The third-order valence-electron chi connectivity index (χ3n) is 7.48. The molecule has 37 heavy (non-hydrogen) atoms. The average molecular weight is 489 g/mol. The highest BCUT2D eigenvalue weighted by Gasteiger charge is 2.50. The highest BCUT2D eigenvalue weighted by Crippen LogP contribution is 2.45. The monoisotopic (exact) mass is 489 g/mol. The second-order valence-corrected chi connectivity index (χ2v) is 10.7. The fourth-order valence-corrected chi connectivity index (χ4v) is 4.55. The number of nitrogens with zero attached hydrogens (tertiary/aromatic N) is 5. The van der Waals surface area contributed by atoms with Crippen LogP contribution in [-0.2, 0) is 11.2 Å². The van der Waals surface area contributed by atoms with E-state index in [1.54, 1.807) is 24.3 Å². The zero-order valence-corrected chi connectivity index (χ0v) is 21.5. The molecule has 4 aromatic rings. The number of hydrogen-bond acceptors (Lipinski definition) is 6. The second kappa shape index (κ2) is 9.42. The molecule has 1 saturated heterocycles. The second-order valence-electron chi connectivity index (χ2n) is 10.7. The van der Waals surface area contributed by atoms with Gasteiger partial charge in [0.25, 0.3) is 5.56 Å². The summed E-state index contributed by atoms with van der Waals surface area (Å²) in [5.74, 6) is 0.615. The van der Waals surface area contributed by atoms with Crippen LogP contribution in [-0.4, -0.2) is 32.3 Å². The molecular weight excluding hydrogens is 461 g/mol. The Labute approximate surface area is 216 Å². The lowest BCUT2D eigenvalue weighted by Crippen LogP contribution is -2.36. The maximum absolute atomic E-state index is 12.6. The van der Waals surface area contributed by atoms with Crippen LogP contribution in [0.25, 0.3) is 22.6 Å². The molecule has 0 amide bonds. The van der Waals surface area contributed by atoms with Gasteiger partial charge in [-0.2, -0.15) is 10.4 Å². The van der Waals surface area contributed by atoms with Crippen molar-refractivity contribution in [2.75, 3.05) is 0 Å². The molecule has 184 valence electrons. The molecule has 8 heteroatoms. The molecule has 1 aliphatic heterocycles. The van der Waals surface area contributed by atoms with Crippen LogP contribution in [0.15, 0.2) is 77.9 Å². The molecule has 0 saturated carbocycles. The van der Waals surface area contributed by atoms with Gasteiger partial charge >= 0.3 is 6.92 Å². The zero-order valence-electron chi connectivity index (χ0n) is 21.5. The molecule has 0 spiro atoms. The van der Waals surface area contributed by atoms with Gasteiger partial charge in [-0.15, -0.1) is 0 Å². The molecule has 7 nitrogen and oxygen atoms in total. The molecule has 2 aromatic carbocycles. The summed E-state index contributed by atoms with van der Waals surface area (Å²) in [6, 6.07) is 20.3. The Balaban J connectivity index is 1.37. The van der Waals surface area contributed by atoms with Crippen molar-refractivity contribution in [2.45, 2.75) is 46.2 Å². The maximum Gasteiger partial charge on any atom is 0.331 e. The number of benzene rings is 2. The Morgan fingerprint density at radius 2 is 1.73 bits per heavy atom. The fraction of sp³-hybridized carbons (Fsp3) is 0.276. The third-order valence-corrected chi connectivity index (χ3v) is 7.48. The molecule has 5 rings (SSSR count). The topological polar surface area (TPSA) is 93.7 Å². The standard InChI is InChI=1S/C29H28BN5O2/c1-28(2)19-30(37-29(28,3)4)24-16-32-27(33-17-24)23-10-6-8-21(14-23)18-35-26(36)12-11-25(34-35)22-9-5-7-20(13-22)15-31/h5-14,16-17H,18-19H2,1-4H3. The van der Waals surface area contributed by atoms with E-state index in [1.807, 2.05) is 42.7 Å². The first-order chi connectivity index (χ1) is 17.6. The molecule has 0 radical (unpaired) electrons. The Morgan fingerprint density at radius 1 is 1.00 bits per heavy atom. The van der Waals surface area contributed by atoms with E-state index in [2.05, 4.69) is 48.8 Å². The minimum Gasteiger partial charge on any atom is -0.425 e. The number of rotatable bonds is 5. The summed E-state index contributed by atoms with van der Waals surface area (Å²) in [6.45, 7) is 9.00. The minimum absolute atomic E-state index is 0.0236. The van der Waals surface area contributed by atoms with Crippen LogP contribution in [0.2, 0.25) is 6.32 Å². The smallest absolute Gasteiger partial charge is 0.331 e. The predicted molar refractivity (Wildman–Crippen MR) is 144 cm³/mol. The fourth-order valence-electron chi connectivity index (χ4n) is 4.55. The first kappa shape index (κ1) is 24.6. The Kier molecular flexibility index (Phi) is 6.26. The van der Waals surface area contributed by atoms with Crippen molar-refractivity contribution in [2.24, 2.45) is 5.41 Å². The molecular formula is C29H28BN5O2. The molecule has 3 heterocycles. The molecule has 0 aliphatic carbocycles. The van der Waals surface area contributed by atoms with Crippen molar-refractivity contribution < 1.29 is 4.65 Å². The Hall–Kier alpha value is -4.09. The van der Waals surface area contributed by atoms with Gasteiger partial charge < -0.3 is 4.65 Å². The molecule has 1 aliphatic rings. The van der Waals surface area contributed by atoms with Crippen molar-refractivity contribution in [3.8, 4) is 28.7 Å².